The van der Waals surface area contributed by atoms with Crippen molar-refractivity contribution in [2.24, 2.45) is 5.73 Å². The summed E-state index contributed by atoms with van der Waals surface area (Å²) in [4.78, 5) is 4.17. The zero-order valence-corrected chi connectivity index (χ0v) is 11.6. The molecule has 2 N–H and O–H groups in total. The Hall–Kier alpha value is -1.14. The van der Waals surface area contributed by atoms with Gasteiger partial charge in [-0.05, 0) is 59.3 Å². The van der Waals surface area contributed by atoms with Gasteiger partial charge in [-0.15, -0.1) is 0 Å². The zero-order chi connectivity index (χ0) is 12.3. The monoisotopic (exact) mass is 340 g/mol. The Morgan fingerprint density at radius 2 is 2.12 bits per heavy atom. The molecule has 0 aliphatic rings. The number of halogens is 1. The van der Waals surface area contributed by atoms with Crippen LogP contribution in [0.4, 0.5) is 0 Å². The van der Waals surface area contributed by atoms with E-state index in [0.717, 1.165) is 14.9 Å². The number of benzene rings is 1. The highest BCUT2D eigenvalue weighted by Crippen LogP contribution is 2.23. The fourth-order valence-electron chi connectivity index (χ4n) is 1.42. The van der Waals surface area contributed by atoms with Gasteiger partial charge in [-0.2, -0.15) is 0 Å². The Bertz CT molecular complexity index is 514. The lowest BCUT2D eigenvalue weighted by atomic mass is 10.1. The number of nitrogens with zero attached hydrogens (tertiary/aromatic N) is 1. The van der Waals surface area contributed by atoms with E-state index in [-0.39, 0.29) is 6.04 Å². The molecule has 1 heterocycles. The fraction of sp³-hybridized carbons (Fsp3) is 0.154. The minimum absolute atomic E-state index is 0.0174. The second-order valence-corrected chi connectivity index (χ2v) is 5.02. The first-order valence-corrected chi connectivity index (χ1v) is 6.38. The van der Waals surface area contributed by atoms with E-state index >= 15 is 0 Å². The first-order chi connectivity index (χ1) is 8.15. The molecule has 1 aromatic carbocycles. The molecule has 1 atom stereocenters. The molecular formula is C13H13IN2O. The highest BCUT2D eigenvalue weighted by molar-refractivity contribution is 14.1. The maximum absolute atomic E-state index is 5.82. The van der Waals surface area contributed by atoms with Crippen molar-refractivity contribution < 1.29 is 4.74 Å². The van der Waals surface area contributed by atoms with Crippen molar-refractivity contribution in [3.8, 4) is 11.6 Å². The second kappa shape index (κ2) is 5.46. The van der Waals surface area contributed by atoms with Crippen molar-refractivity contribution in [1.29, 1.82) is 0 Å². The molecule has 0 aliphatic carbocycles. The van der Waals surface area contributed by atoms with Crippen molar-refractivity contribution in [3.05, 3.63) is 51.7 Å². The van der Waals surface area contributed by atoms with Crippen LogP contribution in [0.5, 0.6) is 11.6 Å². The molecule has 3 nitrogen and oxygen atoms in total. The average Bonchev–Trinajstić information content (AvgIpc) is 2.29. The Morgan fingerprint density at radius 1 is 1.29 bits per heavy atom. The van der Waals surface area contributed by atoms with E-state index in [9.17, 15) is 0 Å². The van der Waals surface area contributed by atoms with Gasteiger partial charge >= 0.3 is 0 Å². The number of rotatable bonds is 3. The zero-order valence-electron chi connectivity index (χ0n) is 9.43. The first-order valence-electron chi connectivity index (χ1n) is 5.30. The predicted molar refractivity (Wildman–Crippen MR) is 76.1 cm³/mol. The summed E-state index contributed by atoms with van der Waals surface area (Å²) in [6.45, 7) is 1.94. The van der Waals surface area contributed by atoms with Gasteiger partial charge in [0.1, 0.15) is 5.75 Å². The van der Waals surface area contributed by atoms with E-state index in [4.69, 9.17) is 10.5 Å². The number of nitrogens with two attached hydrogens (primary N) is 1. The van der Waals surface area contributed by atoms with Crippen LogP contribution in [0.1, 0.15) is 18.5 Å². The molecule has 0 unspecified atom stereocenters. The van der Waals surface area contributed by atoms with E-state index in [1.807, 2.05) is 43.3 Å². The van der Waals surface area contributed by atoms with Crippen molar-refractivity contribution >= 4 is 22.6 Å². The van der Waals surface area contributed by atoms with Gasteiger partial charge in [0.05, 0.1) is 0 Å². The largest absolute Gasteiger partial charge is 0.439 e. The SMILES string of the molecule is C[C@@H](N)c1ccnc(Oc2cccc(I)c2)c1. The molecule has 0 saturated heterocycles. The van der Waals surface area contributed by atoms with Crippen LogP contribution < -0.4 is 10.5 Å². The molecule has 0 aliphatic heterocycles. The van der Waals surface area contributed by atoms with Crippen LogP contribution in [-0.2, 0) is 0 Å². The molecule has 4 heteroatoms. The van der Waals surface area contributed by atoms with Gasteiger partial charge in [0.25, 0.3) is 0 Å². The average molecular weight is 340 g/mol. The molecule has 2 aromatic rings. The fourth-order valence-corrected chi connectivity index (χ4v) is 1.93. The van der Waals surface area contributed by atoms with Crippen molar-refractivity contribution in [1.82, 2.24) is 4.98 Å². The molecule has 2 rings (SSSR count). The van der Waals surface area contributed by atoms with Crippen LogP contribution in [-0.4, -0.2) is 4.98 Å². The summed E-state index contributed by atoms with van der Waals surface area (Å²) in [6.07, 6.45) is 1.71. The smallest absolute Gasteiger partial charge is 0.219 e. The van der Waals surface area contributed by atoms with Crippen LogP contribution in [0.2, 0.25) is 0 Å². The van der Waals surface area contributed by atoms with Gasteiger partial charge in [-0.3, -0.25) is 0 Å². The van der Waals surface area contributed by atoms with E-state index < -0.39 is 0 Å². The molecule has 0 amide bonds. The highest BCUT2D eigenvalue weighted by Gasteiger charge is 2.03. The Balaban J connectivity index is 2.21. The summed E-state index contributed by atoms with van der Waals surface area (Å²) >= 11 is 2.25. The van der Waals surface area contributed by atoms with Crippen molar-refractivity contribution in [2.45, 2.75) is 13.0 Å². The summed E-state index contributed by atoms with van der Waals surface area (Å²) in [5.41, 5.74) is 6.83. The minimum atomic E-state index is -0.0174. The third kappa shape index (κ3) is 3.41. The lowest BCUT2D eigenvalue weighted by Gasteiger charge is -2.08. The molecule has 0 radical (unpaired) electrons. The standard InChI is InChI=1S/C13H13IN2O/c1-9(15)10-5-6-16-13(7-10)17-12-4-2-3-11(14)8-12/h2-9H,15H2,1H3/t9-/m1/s1. The number of pyridine rings is 1. The van der Waals surface area contributed by atoms with E-state index in [1.165, 1.54) is 0 Å². The molecule has 0 spiro atoms. The van der Waals surface area contributed by atoms with Gasteiger partial charge in [-0.1, -0.05) is 6.07 Å². The van der Waals surface area contributed by atoms with Gasteiger partial charge in [-0.25, -0.2) is 4.98 Å². The summed E-state index contributed by atoms with van der Waals surface area (Å²) < 4.78 is 6.81. The van der Waals surface area contributed by atoms with E-state index in [0.29, 0.717) is 5.88 Å². The molecular weight excluding hydrogens is 327 g/mol. The van der Waals surface area contributed by atoms with Crippen LogP contribution in [0.25, 0.3) is 0 Å². The molecule has 1 aromatic heterocycles. The van der Waals surface area contributed by atoms with Gasteiger partial charge in [0, 0.05) is 21.9 Å². The number of ether oxygens (including phenoxy) is 1. The van der Waals surface area contributed by atoms with Gasteiger partial charge in [0.15, 0.2) is 0 Å². The van der Waals surface area contributed by atoms with Gasteiger partial charge in [0.2, 0.25) is 5.88 Å². The Morgan fingerprint density at radius 3 is 2.82 bits per heavy atom. The quantitative estimate of drug-likeness (QED) is 0.870. The highest BCUT2D eigenvalue weighted by atomic mass is 127. The molecule has 17 heavy (non-hydrogen) atoms. The first kappa shape index (κ1) is 12.3. The Labute approximate surface area is 114 Å². The van der Waals surface area contributed by atoms with E-state index in [2.05, 4.69) is 27.6 Å². The van der Waals surface area contributed by atoms with Crippen LogP contribution in [0, 0.1) is 3.57 Å². The minimum Gasteiger partial charge on any atom is -0.439 e. The lowest BCUT2D eigenvalue weighted by Crippen LogP contribution is -2.05. The maximum atomic E-state index is 5.82. The maximum Gasteiger partial charge on any atom is 0.219 e. The van der Waals surface area contributed by atoms with Crippen molar-refractivity contribution in [2.75, 3.05) is 0 Å². The second-order valence-electron chi connectivity index (χ2n) is 3.78. The third-order valence-corrected chi connectivity index (χ3v) is 2.97. The summed E-state index contributed by atoms with van der Waals surface area (Å²) in [5, 5.41) is 0. The number of hydrogen-bond acceptors (Lipinski definition) is 3. The van der Waals surface area contributed by atoms with Crippen molar-refractivity contribution in [3.63, 3.8) is 0 Å². The topological polar surface area (TPSA) is 48.1 Å². The predicted octanol–water partition coefficient (Wildman–Crippen LogP) is 3.50. The molecule has 0 fully saturated rings. The van der Waals surface area contributed by atoms with Crippen LogP contribution in [0.15, 0.2) is 42.6 Å². The molecule has 0 saturated carbocycles. The molecule has 0 bridgehead atoms. The normalized spacial score (nSPS) is 12.2. The van der Waals surface area contributed by atoms with Gasteiger partial charge < -0.3 is 10.5 Å². The summed E-state index contributed by atoms with van der Waals surface area (Å²) in [5.74, 6) is 1.35. The summed E-state index contributed by atoms with van der Waals surface area (Å²) in [6, 6.07) is 11.6. The number of aromatic nitrogens is 1. The lowest BCUT2D eigenvalue weighted by molar-refractivity contribution is 0.461. The van der Waals surface area contributed by atoms with E-state index in [1.54, 1.807) is 6.20 Å². The van der Waals surface area contributed by atoms with Crippen LogP contribution in [0.3, 0.4) is 0 Å². The molecule has 88 valence electrons. The Kier molecular flexibility index (Phi) is 3.96. The number of hydrogen-bond donors (Lipinski definition) is 1. The van der Waals surface area contributed by atoms with Crippen LogP contribution >= 0.6 is 22.6 Å². The summed E-state index contributed by atoms with van der Waals surface area (Å²) in [7, 11) is 0. The third-order valence-electron chi connectivity index (χ3n) is 2.30.